The van der Waals surface area contributed by atoms with Crippen molar-refractivity contribution >= 4 is 26.0 Å². The maximum absolute atomic E-state index is 12.2. The molecule has 1 fully saturated rings. The monoisotopic (exact) mass is 347 g/mol. The molecule has 1 saturated heterocycles. The van der Waals surface area contributed by atoms with Crippen molar-refractivity contribution in [1.82, 2.24) is 4.72 Å². The molecule has 4 nitrogen and oxygen atoms in total. The lowest BCUT2D eigenvalue weighted by molar-refractivity contribution is 0.0678. The molecule has 2 rings (SSSR count). The molecule has 19 heavy (non-hydrogen) atoms. The van der Waals surface area contributed by atoms with E-state index in [0.29, 0.717) is 21.8 Å². The number of benzene rings is 1. The summed E-state index contributed by atoms with van der Waals surface area (Å²) in [5.41, 5.74) is 1.02. The summed E-state index contributed by atoms with van der Waals surface area (Å²) in [6.45, 7) is 3.85. The van der Waals surface area contributed by atoms with E-state index in [2.05, 4.69) is 20.7 Å². The summed E-state index contributed by atoms with van der Waals surface area (Å²) in [5.74, 6) is 0.368. The zero-order valence-electron chi connectivity index (χ0n) is 10.9. The highest BCUT2D eigenvalue weighted by molar-refractivity contribution is 9.10. The first-order valence-corrected chi connectivity index (χ1v) is 8.60. The quantitative estimate of drug-likeness (QED) is 0.910. The van der Waals surface area contributed by atoms with E-state index in [4.69, 9.17) is 4.74 Å². The first-order valence-electron chi connectivity index (χ1n) is 6.32. The van der Waals surface area contributed by atoms with Crippen LogP contribution in [0.2, 0.25) is 0 Å². The van der Waals surface area contributed by atoms with Gasteiger partial charge in [0.25, 0.3) is 0 Å². The Bertz CT molecular complexity index is 539. The topological polar surface area (TPSA) is 55.4 Å². The Morgan fingerprint density at radius 1 is 1.37 bits per heavy atom. The molecule has 0 spiro atoms. The molecule has 1 heterocycles. The van der Waals surface area contributed by atoms with Crippen molar-refractivity contribution in [3.8, 4) is 0 Å². The van der Waals surface area contributed by atoms with Gasteiger partial charge in [0.05, 0.1) is 4.90 Å². The summed E-state index contributed by atoms with van der Waals surface area (Å²) in [4.78, 5) is 0.296. The number of sulfonamides is 1. The molecule has 1 aromatic rings. The first-order chi connectivity index (χ1) is 8.99. The Kier molecular flexibility index (Phi) is 5.00. The number of ether oxygens (including phenoxy) is 1. The highest BCUT2D eigenvalue weighted by Crippen LogP contribution is 2.23. The van der Waals surface area contributed by atoms with Crippen LogP contribution in [-0.2, 0) is 14.8 Å². The smallest absolute Gasteiger partial charge is 0.241 e. The lowest BCUT2D eigenvalue weighted by atomic mass is 10.0. The number of rotatable bonds is 4. The highest BCUT2D eigenvalue weighted by Gasteiger charge is 2.20. The van der Waals surface area contributed by atoms with Crippen LogP contribution in [0.5, 0.6) is 0 Å². The van der Waals surface area contributed by atoms with Crippen molar-refractivity contribution < 1.29 is 13.2 Å². The molecule has 1 aromatic carbocycles. The van der Waals surface area contributed by atoms with Crippen molar-refractivity contribution in [3.63, 3.8) is 0 Å². The molecule has 106 valence electrons. The molecule has 0 radical (unpaired) electrons. The van der Waals surface area contributed by atoms with Gasteiger partial charge in [-0.05, 0) is 59.3 Å². The SMILES string of the molecule is Cc1ccc(S(=O)(=O)NCC2CCOCC2)c(Br)c1. The molecule has 0 bridgehead atoms. The lowest BCUT2D eigenvalue weighted by Crippen LogP contribution is -2.32. The molecule has 1 N–H and O–H groups in total. The van der Waals surface area contributed by atoms with Crippen LogP contribution in [0.15, 0.2) is 27.6 Å². The van der Waals surface area contributed by atoms with Crippen molar-refractivity contribution in [2.45, 2.75) is 24.7 Å². The van der Waals surface area contributed by atoms with Gasteiger partial charge in [-0.3, -0.25) is 0 Å². The van der Waals surface area contributed by atoms with Gasteiger partial charge in [-0.1, -0.05) is 6.07 Å². The van der Waals surface area contributed by atoms with E-state index in [-0.39, 0.29) is 0 Å². The van der Waals surface area contributed by atoms with Gasteiger partial charge >= 0.3 is 0 Å². The number of nitrogens with one attached hydrogen (secondary N) is 1. The summed E-state index contributed by atoms with van der Waals surface area (Å²) in [6.07, 6.45) is 1.83. The molecule has 0 saturated carbocycles. The van der Waals surface area contributed by atoms with Gasteiger partial charge in [0.15, 0.2) is 0 Å². The third-order valence-electron chi connectivity index (χ3n) is 3.28. The molecule has 6 heteroatoms. The zero-order valence-corrected chi connectivity index (χ0v) is 13.3. The largest absolute Gasteiger partial charge is 0.381 e. The zero-order chi connectivity index (χ0) is 13.9. The van der Waals surface area contributed by atoms with Crippen molar-refractivity contribution in [3.05, 3.63) is 28.2 Å². The fourth-order valence-corrected chi connectivity index (χ4v) is 4.39. The van der Waals surface area contributed by atoms with Crippen LogP contribution in [0.1, 0.15) is 18.4 Å². The predicted molar refractivity (Wildman–Crippen MR) is 77.6 cm³/mol. The van der Waals surface area contributed by atoms with E-state index in [1.807, 2.05) is 13.0 Å². The van der Waals surface area contributed by atoms with Gasteiger partial charge in [0.1, 0.15) is 0 Å². The van der Waals surface area contributed by atoms with Crippen molar-refractivity contribution in [2.24, 2.45) is 5.92 Å². The van der Waals surface area contributed by atoms with E-state index in [9.17, 15) is 8.42 Å². The summed E-state index contributed by atoms with van der Waals surface area (Å²) in [6, 6.07) is 5.24. The predicted octanol–water partition coefficient (Wildman–Crippen LogP) is 2.46. The fourth-order valence-electron chi connectivity index (χ4n) is 2.08. The Hall–Kier alpha value is -0.430. The minimum Gasteiger partial charge on any atom is -0.381 e. The third kappa shape index (κ3) is 4.02. The van der Waals surface area contributed by atoms with E-state index < -0.39 is 10.0 Å². The maximum atomic E-state index is 12.2. The van der Waals surface area contributed by atoms with Crippen molar-refractivity contribution in [2.75, 3.05) is 19.8 Å². The van der Waals surface area contributed by atoms with Gasteiger partial charge in [-0.15, -0.1) is 0 Å². The van der Waals surface area contributed by atoms with Crippen LogP contribution in [0.4, 0.5) is 0 Å². The molecular weight excluding hydrogens is 330 g/mol. The minimum atomic E-state index is -3.44. The number of hydrogen-bond donors (Lipinski definition) is 1. The summed E-state index contributed by atoms with van der Waals surface area (Å²) in [5, 5.41) is 0. The summed E-state index contributed by atoms with van der Waals surface area (Å²) in [7, 11) is -3.44. The van der Waals surface area contributed by atoms with Crippen LogP contribution in [0, 0.1) is 12.8 Å². The van der Waals surface area contributed by atoms with Gasteiger partial charge < -0.3 is 4.74 Å². The molecule has 0 aromatic heterocycles. The van der Waals surface area contributed by atoms with E-state index in [1.165, 1.54) is 0 Å². The average Bonchev–Trinajstić information content (AvgIpc) is 2.37. The van der Waals surface area contributed by atoms with Crippen molar-refractivity contribution in [1.29, 1.82) is 0 Å². The second kappa shape index (κ2) is 6.35. The standard InChI is InChI=1S/C13H18BrNO3S/c1-10-2-3-13(12(14)8-10)19(16,17)15-9-11-4-6-18-7-5-11/h2-3,8,11,15H,4-7,9H2,1H3. The Balaban J connectivity index is 2.05. The van der Waals surface area contributed by atoms with Crippen LogP contribution in [0.25, 0.3) is 0 Å². The molecule has 0 aliphatic carbocycles. The Labute approximate surface area is 122 Å². The normalized spacial score (nSPS) is 17.6. The van der Waals surface area contributed by atoms with E-state index in [0.717, 1.165) is 31.6 Å². The van der Waals surface area contributed by atoms with Gasteiger partial charge in [0, 0.05) is 24.2 Å². The van der Waals surface area contributed by atoms with Crippen LogP contribution in [0.3, 0.4) is 0 Å². The number of hydrogen-bond acceptors (Lipinski definition) is 3. The number of aryl methyl sites for hydroxylation is 1. The molecule has 1 aliphatic rings. The molecular formula is C13H18BrNO3S. The summed E-state index contributed by atoms with van der Waals surface area (Å²) >= 11 is 3.31. The molecule has 0 unspecified atom stereocenters. The minimum absolute atomic E-state index is 0.296. The Morgan fingerprint density at radius 2 is 2.05 bits per heavy atom. The molecule has 1 aliphatic heterocycles. The van der Waals surface area contributed by atoms with Gasteiger partial charge in [-0.25, -0.2) is 13.1 Å². The van der Waals surface area contributed by atoms with E-state index in [1.54, 1.807) is 12.1 Å². The molecule has 0 atom stereocenters. The number of halogens is 1. The highest BCUT2D eigenvalue weighted by atomic mass is 79.9. The first kappa shape index (κ1) is 15.0. The fraction of sp³-hybridized carbons (Fsp3) is 0.538. The van der Waals surface area contributed by atoms with Crippen LogP contribution >= 0.6 is 15.9 Å². The van der Waals surface area contributed by atoms with Gasteiger partial charge in [0.2, 0.25) is 10.0 Å². The van der Waals surface area contributed by atoms with Crippen LogP contribution < -0.4 is 4.72 Å². The third-order valence-corrected chi connectivity index (χ3v) is 5.68. The lowest BCUT2D eigenvalue weighted by Gasteiger charge is -2.22. The summed E-state index contributed by atoms with van der Waals surface area (Å²) < 4.78 is 33.0. The average molecular weight is 348 g/mol. The second-order valence-corrected chi connectivity index (χ2v) is 7.43. The Morgan fingerprint density at radius 3 is 2.68 bits per heavy atom. The van der Waals surface area contributed by atoms with Gasteiger partial charge in [-0.2, -0.15) is 0 Å². The van der Waals surface area contributed by atoms with E-state index >= 15 is 0 Å². The maximum Gasteiger partial charge on any atom is 0.241 e. The second-order valence-electron chi connectivity index (χ2n) is 4.84. The van der Waals surface area contributed by atoms with Crippen LogP contribution in [-0.4, -0.2) is 28.2 Å². The molecule has 0 amide bonds.